The Kier molecular flexibility index (Phi) is 5.14. The van der Waals surface area contributed by atoms with E-state index in [2.05, 4.69) is 9.53 Å². The number of carbonyl (C=O) groups excluding carboxylic acids is 1. The number of esters is 1. The van der Waals surface area contributed by atoms with Gasteiger partial charge in [-0.1, -0.05) is 48.6 Å². The molecule has 0 unspecified atom stereocenters. The second-order valence-electron chi connectivity index (χ2n) is 3.11. The average Bonchev–Trinajstić information content (AvgIpc) is 2.39. The van der Waals surface area contributed by atoms with Crippen LogP contribution < -0.4 is 0 Å². The van der Waals surface area contributed by atoms with Crippen molar-refractivity contribution < 1.29 is 14.3 Å². The van der Waals surface area contributed by atoms with Crippen molar-refractivity contribution in [2.45, 2.75) is 0 Å². The lowest BCUT2D eigenvalue weighted by Gasteiger charge is -1.88. The predicted octanol–water partition coefficient (Wildman–Crippen LogP) is 2.10. The molecule has 0 aliphatic heterocycles. The molecule has 1 rings (SSSR count). The van der Waals surface area contributed by atoms with Crippen molar-refractivity contribution in [3.63, 3.8) is 0 Å². The molecule has 0 spiro atoms. The molecule has 0 aromatic heterocycles. The van der Waals surface area contributed by atoms with Gasteiger partial charge in [0.2, 0.25) is 0 Å². The zero-order chi connectivity index (χ0) is 12.5. The molecule has 4 heteroatoms. The molecule has 0 N–H and O–H groups in total. The van der Waals surface area contributed by atoms with E-state index in [1.54, 1.807) is 12.2 Å². The van der Waals surface area contributed by atoms with E-state index in [0.29, 0.717) is 0 Å². The number of allylic oxidation sites excluding steroid dienone is 2. The number of hydrogen-bond donors (Lipinski definition) is 0. The average molecular weight is 228 g/mol. The summed E-state index contributed by atoms with van der Waals surface area (Å²) in [7, 11) is 1.22. The zero-order valence-corrected chi connectivity index (χ0v) is 9.41. The molecule has 0 amide bonds. The topological polar surface area (TPSA) is 62.7 Å². The van der Waals surface area contributed by atoms with Crippen LogP contribution >= 0.6 is 0 Å². The molecule has 1 aromatic rings. The van der Waals surface area contributed by atoms with Gasteiger partial charge in [0.05, 0.1) is 7.11 Å². The van der Waals surface area contributed by atoms with Gasteiger partial charge in [0, 0.05) is 6.08 Å². The van der Waals surface area contributed by atoms with E-state index in [9.17, 15) is 4.79 Å². The number of hydrogen-bond acceptors (Lipinski definition) is 2. The maximum atomic E-state index is 11.0. The molecule has 0 radical (unpaired) electrons. The van der Waals surface area contributed by atoms with Gasteiger partial charge in [-0.2, -0.15) is 4.79 Å². The van der Waals surface area contributed by atoms with Crippen LogP contribution in [0.4, 0.5) is 0 Å². The summed E-state index contributed by atoms with van der Waals surface area (Å²) < 4.78 is 4.41. The Morgan fingerprint density at radius 3 is 2.59 bits per heavy atom. The van der Waals surface area contributed by atoms with Gasteiger partial charge in [-0.15, -0.1) is 0 Å². The minimum absolute atomic E-state index is 0.148. The minimum atomic E-state index is -0.683. The number of methoxy groups -OCH3 is 1. The van der Waals surface area contributed by atoms with Gasteiger partial charge in [0.25, 0.3) is 0 Å². The smallest absolute Gasteiger partial charge is 0.421 e. The van der Waals surface area contributed by atoms with Crippen LogP contribution in [0.2, 0.25) is 0 Å². The summed E-state index contributed by atoms with van der Waals surface area (Å²) in [5, 5.41) is 0. The van der Waals surface area contributed by atoms with Crippen LogP contribution in [-0.2, 0) is 9.53 Å². The highest BCUT2D eigenvalue weighted by Gasteiger charge is 2.15. The molecule has 0 aliphatic rings. The Labute approximate surface area is 99.5 Å². The normalized spacial score (nSPS) is 10.4. The first-order valence-corrected chi connectivity index (χ1v) is 4.98. The highest BCUT2D eigenvalue weighted by molar-refractivity contribution is 6.38. The fourth-order valence-corrected chi connectivity index (χ4v) is 1.12. The van der Waals surface area contributed by atoms with Crippen LogP contribution in [0.3, 0.4) is 0 Å². The molecule has 86 valence electrons. The van der Waals surface area contributed by atoms with Gasteiger partial charge in [0.15, 0.2) is 0 Å². The molecule has 0 bridgehead atoms. The van der Waals surface area contributed by atoms with Gasteiger partial charge in [-0.3, -0.25) is 0 Å². The Morgan fingerprint density at radius 2 is 2.00 bits per heavy atom. The maximum Gasteiger partial charge on any atom is 0.421 e. The molecule has 0 aliphatic carbocycles. The van der Waals surface area contributed by atoms with E-state index < -0.39 is 5.97 Å². The van der Waals surface area contributed by atoms with Crippen molar-refractivity contribution >= 4 is 17.8 Å². The van der Waals surface area contributed by atoms with Crippen molar-refractivity contribution in [3.05, 3.63) is 59.7 Å². The zero-order valence-electron chi connectivity index (χ0n) is 9.41. The monoisotopic (exact) mass is 228 g/mol. The molecule has 4 nitrogen and oxygen atoms in total. The highest BCUT2D eigenvalue weighted by atomic mass is 16.5. The summed E-state index contributed by atoms with van der Waals surface area (Å²) in [5.41, 5.74) is 9.45. The second kappa shape index (κ2) is 6.93. The molecule has 17 heavy (non-hydrogen) atoms. The van der Waals surface area contributed by atoms with Crippen LogP contribution in [0.15, 0.2) is 48.6 Å². The van der Waals surface area contributed by atoms with Crippen molar-refractivity contribution in [1.82, 2.24) is 0 Å². The number of benzene rings is 1. The van der Waals surface area contributed by atoms with Gasteiger partial charge >= 0.3 is 11.7 Å². The summed E-state index contributed by atoms with van der Waals surface area (Å²) in [4.78, 5) is 13.8. The predicted molar refractivity (Wildman–Crippen MR) is 65.3 cm³/mol. The Bertz CT molecular complexity index is 483. The van der Waals surface area contributed by atoms with Crippen LogP contribution in [0, 0.1) is 0 Å². The highest BCUT2D eigenvalue weighted by Crippen LogP contribution is 2.00. The summed E-state index contributed by atoms with van der Waals surface area (Å²) in [5.74, 6) is -0.683. The first kappa shape index (κ1) is 12.6. The first-order chi connectivity index (χ1) is 8.27. The van der Waals surface area contributed by atoms with E-state index in [0.717, 1.165) is 5.56 Å². The van der Waals surface area contributed by atoms with Gasteiger partial charge in [-0.05, 0) is 5.56 Å². The van der Waals surface area contributed by atoms with Crippen LogP contribution in [0.5, 0.6) is 0 Å². The fraction of sp³-hybridized carbons (Fsp3) is 0.0769. The molecule has 0 atom stereocenters. The van der Waals surface area contributed by atoms with Gasteiger partial charge in [0.1, 0.15) is 0 Å². The quantitative estimate of drug-likeness (QED) is 0.260. The molecule has 0 saturated heterocycles. The third-order valence-corrected chi connectivity index (χ3v) is 1.96. The first-order valence-electron chi connectivity index (χ1n) is 4.98. The molecule has 0 heterocycles. The van der Waals surface area contributed by atoms with E-state index in [1.807, 2.05) is 36.4 Å². The molecular formula is C13H12N2O2. The van der Waals surface area contributed by atoms with E-state index >= 15 is 0 Å². The lowest BCUT2D eigenvalue weighted by molar-refractivity contribution is -0.137. The molecule has 0 fully saturated rings. The maximum absolute atomic E-state index is 11.0. The Balaban J connectivity index is 2.64. The lowest BCUT2D eigenvalue weighted by atomic mass is 10.2. The van der Waals surface area contributed by atoms with E-state index in [-0.39, 0.29) is 5.71 Å². The number of carbonyl (C=O) groups is 1. The largest absolute Gasteiger partial charge is 0.460 e. The summed E-state index contributed by atoms with van der Waals surface area (Å²) in [6, 6.07) is 9.69. The Hall–Kier alpha value is -2.45. The standard InChI is InChI=1S/C13H12N2O2/c1-17-13(16)12(15-14)10-6-5-9-11-7-3-2-4-8-11/h2-10H,1H3/b9-5+,10-6+. The van der Waals surface area contributed by atoms with Crippen LogP contribution in [0.25, 0.3) is 11.6 Å². The Morgan fingerprint density at radius 1 is 1.29 bits per heavy atom. The number of rotatable bonds is 4. The van der Waals surface area contributed by atoms with Crippen molar-refractivity contribution in [2.75, 3.05) is 7.11 Å². The second-order valence-corrected chi connectivity index (χ2v) is 3.11. The summed E-state index contributed by atoms with van der Waals surface area (Å²) in [6.07, 6.45) is 6.57. The lowest BCUT2D eigenvalue weighted by Crippen LogP contribution is -2.13. The van der Waals surface area contributed by atoms with E-state index in [4.69, 9.17) is 5.53 Å². The van der Waals surface area contributed by atoms with Crippen LogP contribution in [-0.4, -0.2) is 23.6 Å². The molecular weight excluding hydrogens is 216 g/mol. The fourth-order valence-electron chi connectivity index (χ4n) is 1.12. The molecule has 0 saturated carbocycles. The van der Waals surface area contributed by atoms with Crippen molar-refractivity contribution in [1.29, 1.82) is 0 Å². The van der Waals surface area contributed by atoms with Gasteiger partial charge < -0.3 is 10.3 Å². The third kappa shape index (κ3) is 4.28. The SMILES string of the molecule is COC(=O)C(/C=C/C=C/c1ccccc1)=[N+]=[N-]. The summed E-state index contributed by atoms with van der Waals surface area (Å²) in [6.45, 7) is 0. The third-order valence-electron chi connectivity index (χ3n) is 1.96. The van der Waals surface area contributed by atoms with Crippen molar-refractivity contribution in [2.24, 2.45) is 0 Å². The van der Waals surface area contributed by atoms with Crippen molar-refractivity contribution in [3.8, 4) is 0 Å². The van der Waals surface area contributed by atoms with Gasteiger partial charge in [-0.25, -0.2) is 4.79 Å². The summed E-state index contributed by atoms with van der Waals surface area (Å²) >= 11 is 0. The minimum Gasteiger partial charge on any atom is -0.460 e. The van der Waals surface area contributed by atoms with E-state index in [1.165, 1.54) is 13.2 Å². The van der Waals surface area contributed by atoms with Crippen LogP contribution in [0.1, 0.15) is 5.56 Å². The number of ether oxygens (including phenoxy) is 1. The molecule has 1 aromatic carbocycles. The number of nitrogens with zero attached hydrogens (tertiary/aromatic N) is 2.